The first kappa shape index (κ1) is 17.4. The molecule has 0 aliphatic carbocycles. The standard InChI is InChI=1S/C19H29N3O2/c23-19(20-9-12-21-10-5-2-6-11-21)18-16-22(13-14-24-18)15-17-7-3-1-4-8-17/h1,3-4,7-8,18H,2,5-6,9-16H2,(H,20,23). The van der Waals surface area contributed by atoms with E-state index in [1.807, 2.05) is 6.07 Å². The van der Waals surface area contributed by atoms with E-state index in [9.17, 15) is 4.79 Å². The SMILES string of the molecule is O=C(NCCN1CCCCC1)C1CN(Cc2ccccc2)CCO1. The number of rotatable bonds is 6. The van der Waals surface area contributed by atoms with Crippen molar-refractivity contribution in [3.63, 3.8) is 0 Å². The number of nitrogens with one attached hydrogen (secondary N) is 1. The molecule has 1 amide bonds. The zero-order valence-corrected chi connectivity index (χ0v) is 14.5. The summed E-state index contributed by atoms with van der Waals surface area (Å²) in [6.45, 7) is 7.06. The Hall–Kier alpha value is -1.43. The summed E-state index contributed by atoms with van der Waals surface area (Å²) in [6.07, 6.45) is 3.57. The van der Waals surface area contributed by atoms with Gasteiger partial charge in [0.25, 0.3) is 5.91 Å². The van der Waals surface area contributed by atoms with Gasteiger partial charge in [0.2, 0.25) is 0 Å². The van der Waals surface area contributed by atoms with Gasteiger partial charge in [0.15, 0.2) is 0 Å². The van der Waals surface area contributed by atoms with Crippen LogP contribution in [0.4, 0.5) is 0 Å². The van der Waals surface area contributed by atoms with Crippen molar-refractivity contribution in [1.29, 1.82) is 0 Å². The summed E-state index contributed by atoms with van der Waals surface area (Å²) in [5.41, 5.74) is 1.28. The first-order valence-electron chi connectivity index (χ1n) is 9.19. The molecular weight excluding hydrogens is 302 g/mol. The van der Waals surface area contributed by atoms with E-state index in [1.54, 1.807) is 0 Å². The normalized spacial score (nSPS) is 23.1. The Morgan fingerprint density at radius 3 is 2.67 bits per heavy atom. The molecule has 1 unspecified atom stereocenters. The molecule has 2 aliphatic rings. The molecule has 2 heterocycles. The molecule has 0 radical (unpaired) electrons. The first-order chi connectivity index (χ1) is 11.8. The van der Waals surface area contributed by atoms with Crippen LogP contribution in [0.5, 0.6) is 0 Å². The number of likely N-dealkylation sites (tertiary alicyclic amines) is 1. The molecule has 2 aliphatic heterocycles. The Morgan fingerprint density at radius 1 is 1.08 bits per heavy atom. The van der Waals surface area contributed by atoms with E-state index in [2.05, 4.69) is 39.4 Å². The van der Waals surface area contributed by atoms with Gasteiger partial charge in [-0.1, -0.05) is 36.8 Å². The molecule has 0 aromatic heterocycles. The lowest BCUT2D eigenvalue weighted by Crippen LogP contribution is -2.50. The fourth-order valence-electron chi connectivity index (χ4n) is 3.48. The van der Waals surface area contributed by atoms with Crippen LogP contribution in [0.15, 0.2) is 30.3 Å². The summed E-state index contributed by atoms with van der Waals surface area (Å²) in [5.74, 6) is 0.0322. The summed E-state index contributed by atoms with van der Waals surface area (Å²) >= 11 is 0. The predicted molar refractivity (Wildman–Crippen MR) is 94.8 cm³/mol. The van der Waals surface area contributed by atoms with Crippen LogP contribution in [0.25, 0.3) is 0 Å². The quantitative estimate of drug-likeness (QED) is 0.858. The van der Waals surface area contributed by atoms with E-state index in [0.29, 0.717) is 13.2 Å². The average molecular weight is 331 g/mol. The van der Waals surface area contributed by atoms with Crippen LogP contribution in [0.2, 0.25) is 0 Å². The van der Waals surface area contributed by atoms with Gasteiger partial charge >= 0.3 is 0 Å². The maximum atomic E-state index is 12.4. The Morgan fingerprint density at radius 2 is 1.88 bits per heavy atom. The highest BCUT2D eigenvalue weighted by atomic mass is 16.5. The van der Waals surface area contributed by atoms with Crippen LogP contribution in [-0.2, 0) is 16.1 Å². The summed E-state index contributed by atoms with van der Waals surface area (Å²) in [7, 11) is 0. The minimum Gasteiger partial charge on any atom is -0.366 e. The summed E-state index contributed by atoms with van der Waals surface area (Å²) in [5, 5.41) is 3.05. The van der Waals surface area contributed by atoms with Gasteiger partial charge in [0, 0.05) is 32.7 Å². The second kappa shape index (κ2) is 9.16. The molecule has 5 nitrogen and oxygen atoms in total. The van der Waals surface area contributed by atoms with Gasteiger partial charge in [0.05, 0.1) is 6.61 Å². The highest BCUT2D eigenvalue weighted by Crippen LogP contribution is 2.11. The van der Waals surface area contributed by atoms with Crippen molar-refractivity contribution in [1.82, 2.24) is 15.1 Å². The molecule has 1 N–H and O–H groups in total. The topological polar surface area (TPSA) is 44.8 Å². The molecule has 132 valence electrons. The van der Waals surface area contributed by atoms with Crippen LogP contribution < -0.4 is 5.32 Å². The summed E-state index contributed by atoms with van der Waals surface area (Å²) in [6, 6.07) is 10.4. The van der Waals surface area contributed by atoms with Crippen molar-refractivity contribution >= 4 is 5.91 Å². The van der Waals surface area contributed by atoms with Gasteiger partial charge in [-0.3, -0.25) is 9.69 Å². The van der Waals surface area contributed by atoms with Crippen LogP contribution in [-0.4, -0.2) is 67.7 Å². The van der Waals surface area contributed by atoms with E-state index in [0.717, 1.165) is 26.2 Å². The average Bonchev–Trinajstić information content (AvgIpc) is 2.64. The zero-order chi connectivity index (χ0) is 16.6. The molecule has 2 saturated heterocycles. The second-order valence-electron chi connectivity index (χ2n) is 6.77. The lowest BCUT2D eigenvalue weighted by atomic mass is 10.1. The summed E-state index contributed by atoms with van der Waals surface area (Å²) < 4.78 is 5.68. The molecule has 2 fully saturated rings. The van der Waals surface area contributed by atoms with Crippen molar-refractivity contribution < 1.29 is 9.53 Å². The Labute approximate surface area is 145 Å². The Balaban J connectivity index is 1.39. The molecule has 1 atom stereocenters. The van der Waals surface area contributed by atoms with Crippen molar-refractivity contribution in [2.45, 2.75) is 31.9 Å². The number of morpholine rings is 1. The van der Waals surface area contributed by atoms with Gasteiger partial charge in [-0.2, -0.15) is 0 Å². The number of hydrogen-bond acceptors (Lipinski definition) is 4. The molecule has 0 saturated carbocycles. The molecule has 0 bridgehead atoms. The summed E-state index contributed by atoms with van der Waals surface area (Å²) in [4.78, 5) is 17.1. The fraction of sp³-hybridized carbons (Fsp3) is 0.632. The van der Waals surface area contributed by atoms with Crippen molar-refractivity contribution in [2.75, 3.05) is 45.9 Å². The Bertz CT molecular complexity index is 503. The number of ether oxygens (including phenoxy) is 1. The van der Waals surface area contributed by atoms with Crippen LogP contribution in [0.3, 0.4) is 0 Å². The smallest absolute Gasteiger partial charge is 0.250 e. The van der Waals surface area contributed by atoms with Crippen molar-refractivity contribution in [2.24, 2.45) is 0 Å². The van der Waals surface area contributed by atoms with E-state index < -0.39 is 0 Å². The molecule has 24 heavy (non-hydrogen) atoms. The van der Waals surface area contributed by atoms with E-state index in [1.165, 1.54) is 37.9 Å². The first-order valence-corrected chi connectivity index (χ1v) is 9.19. The number of carbonyl (C=O) groups is 1. The highest BCUT2D eigenvalue weighted by molar-refractivity contribution is 5.81. The molecule has 1 aromatic rings. The van der Waals surface area contributed by atoms with Crippen LogP contribution in [0.1, 0.15) is 24.8 Å². The maximum Gasteiger partial charge on any atom is 0.250 e. The van der Waals surface area contributed by atoms with Gasteiger partial charge in [-0.25, -0.2) is 0 Å². The number of hydrogen-bond donors (Lipinski definition) is 1. The lowest BCUT2D eigenvalue weighted by Gasteiger charge is -2.32. The zero-order valence-electron chi connectivity index (χ0n) is 14.5. The number of benzene rings is 1. The minimum absolute atomic E-state index is 0.0322. The molecule has 0 spiro atoms. The lowest BCUT2D eigenvalue weighted by molar-refractivity contribution is -0.138. The fourth-order valence-corrected chi connectivity index (χ4v) is 3.48. The van der Waals surface area contributed by atoms with Gasteiger partial charge in [-0.15, -0.1) is 0 Å². The van der Waals surface area contributed by atoms with Crippen LogP contribution in [0, 0.1) is 0 Å². The number of amides is 1. The highest BCUT2D eigenvalue weighted by Gasteiger charge is 2.26. The van der Waals surface area contributed by atoms with Gasteiger partial charge < -0.3 is 15.0 Å². The van der Waals surface area contributed by atoms with Gasteiger partial charge in [-0.05, 0) is 31.5 Å². The van der Waals surface area contributed by atoms with E-state index in [-0.39, 0.29) is 12.0 Å². The number of carbonyl (C=O) groups excluding carboxylic acids is 1. The van der Waals surface area contributed by atoms with E-state index in [4.69, 9.17) is 4.74 Å². The largest absolute Gasteiger partial charge is 0.366 e. The predicted octanol–water partition coefficient (Wildman–Crippen LogP) is 1.49. The third kappa shape index (κ3) is 5.30. The number of piperidine rings is 1. The van der Waals surface area contributed by atoms with Crippen LogP contribution >= 0.6 is 0 Å². The van der Waals surface area contributed by atoms with Crippen molar-refractivity contribution in [3.8, 4) is 0 Å². The minimum atomic E-state index is -0.344. The monoisotopic (exact) mass is 331 g/mol. The molecular formula is C19H29N3O2. The van der Waals surface area contributed by atoms with E-state index >= 15 is 0 Å². The third-order valence-electron chi connectivity index (χ3n) is 4.87. The third-order valence-corrected chi connectivity index (χ3v) is 4.87. The maximum absolute atomic E-state index is 12.4. The second-order valence-corrected chi connectivity index (χ2v) is 6.77. The van der Waals surface area contributed by atoms with Crippen molar-refractivity contribution in [3.05, 3.63) is 35.9 Å². The van der Waals surface area contributed by atoms with Gasteiger partial charge in [0.1, 0.15) is 6.10 Å². The Kier molecular flexibility index (Phi) is 6.64. The number of nitrogens with zero attached hydrogens (tertiary/aromatic N) is 2. The molecule has 3 rings (SSSR count). The molecule has 5 heteroatoms. The molecule has 1 aromatic carbocycles.